The summed E-state index contributed by atoms with van der Waals surface area (Å²) in [6.45, 7) is 2.37. The van der Waals surface area contributed by atoms with Crippen LogP contribution in [0.25, 0.3) is 0 Å². The van der Waals surface area contributed by atoms with Crippen molar-refractivity contribution in [2.45, 2.75) is 32.2 Å². The molecular formula is C11H22N4O4. The zero-order valence-electron chi connectivity index (χ0n) is 11.0. The number of aliphatic carboxylic acids is 2. The minimum Gasteiger partial charge on any atom is -0.481 e. The molecule has 8 nitrogen and oxygen atoms in total. The van der Waals surface area contributed by atoms with Crippen molar-refractivity contribution in [1.29, 1.82) is 5.41 Å². The largest absolute Gasteiger partial charge is 0.481 e. The second-order valence-electron chi connectivity index (χ2n) is 4.21. The highest BCUT2D eigenvalue weighted by Gasteiger charge is 2.15. The molecule has 2 unspecified atom stereocenters. The summed E-state index contributed by atoms with van der Waals surface area (Å²) in [5.41, 5.74) is 5.32. The van der Waals surface area contributed by atoms with Crippen molar-refractivity contribution in [2.75, 3.05) is 13.1 Å². The van der Waals surface area contributed by atoms with E-state index in [2.05, 4.69) is 10.6 Å². The first kappa shape index (κ1) is 17.2. The molecule has 0 radical (unpaired) electrons. The van der Waals surface area contributed by atoms with Crippen molar-refractivity contribution in [3.63, 3.8) is 0 Å². The average molecular weight is 274 g/mol. The molecule has 0 aliphatic rings. The van der Waals surface area contributed by atoms with Crippen LogP contribution in [0.1, 0.15) is 26.2 Å². The van der Waals surface area contributed by atoms with Gasteiger partial charge in [-0.15, -0.1) is 0 Å². The van der Waals surface area contributed by atoms with Crippen LogP contribution in [0.3, 0.4) is 0 Å². The summed E-state index contributed by atoms with van der Waals surface area (Å²) in [5, 5.41) is 30.3. The molecule has 2 atom stereocenters. The highest BCUT2D eigenvalue weighted by atomic mass is 16.4. The minimum absolute atomic E-state index is 0.0311. The highest BCUT2D eigenvalue weighted by Crippen LogP contribution is 1.99. The molecule has 0 aliphatic carbocycles. The fourth-order valence-electron chi connectivity index (χ4n) is 1.35. The van der Waals surface area contributed by atoms with Gasteiger partial charge in [-0.05, 0) is 19.3 Å². The molecule has 0 spiro atoms. The first-order valence-corrected chi connectivity index (χ1v) is 6.16. The Balaban J connectivity index is 3.70. The molecule has 0 bridgehead atoms. The normalized spacial score (nSPS) is 13.4. The lowest BCUT2D eigenvalue weighted by Gasteiger charge is -2.14. The molecule has 0 fully saturated rings. The Morgan fingerprint density at radius 1 is 1.26 bits per heavy atom. The summed E-state index contributed by atoms with van der Waals surface area (Å²) in [6, 6.07) is -0.888. The van der Waals surface area contributed by atoms with Gasteiger partial charge < -0.3 is 26.6 Å². The second kappa shape index (κ2) is 9.15. The molecule has 0 aromatic carbocycles. The molecule has 0 heterocycles. The minimum atomic E-state index is -1.04. The first-order valence-electron chi connectivity index (χ1n) is 6.16. The average Bonchev–Trinajstić information content (AvgIpc) is 2.34. The van der Waals surface area contributed by atoms with E-state index >= 15 is 0 Å². The molecular weight excluding hydrogens is 252 g/mol. The van der Waals surface area contributed by atoms with Crippen LogP contribution in [0.15, 0.2) is 0 Å². The van der Waals surface area contributed by atoms with Gasteiger partial charge in [-0.1, -0.05) is 6.92 Å². The van der Waals surface area contributed by atoms with Crippen LogP contribution in [0.2, 0.25) is 0 Å². The van der Waals surface area contributed by atoms with Gasteiger partial charge >= 0.3 is 11.9 Å². The maximum atomic E-state index is 10.7. The quantitative estimate of drug-likeness (QED) is 0.187. The molecule has 0 rings (SSSR count). The second-order valence-corrected chi connectivity index (χ2v) is 4.21. The Labute approximate surface area is 111 Å². The lowest BCUT2D eigenvalue weighted by atomic mass is 10.1. The Bertz CT molecular complexity index is 322. The summed E-state index contributed by atoms with van der Waals surface area (Å²) >= 11 is 0. The van der Waals surface area contributed by atoms with Gasteiger partial charge in [-0.25, -0.2) is 0 Å². The van der Waals surface area contributed by atoms with Gasteiger partial charge in [0.15, 0.2) is 5.96 Å². The number of rotatable bonds is 9. The Morgan fingerprint density at radius 3 is 2.37 bits per heavy atom. The highest BCUT2D eigenvalue weighted by molar-refractivity contribution is 5.77. The summed E-state index contributed by atoms with van der Waals surface area (Å²) in [4.78, 5) is 21.2. The molecule has 0 saturated heterocycles. The van der Waals surface area contributed by atoms with E-state index in [4.69, 9.17) is 21.4 Å². The fraction of sp³-hybridized carbons (Fsp3) is 0.727. The summed E-state index contributed by atoms with van der Waals surface area (Å²) in [5.74, 6) is -2.43. The zero-order chi connectivity index (χ0) is 14.8. The number of carboxylic acid groups (broad SMARTS) is 2. The van der Waals surface area contributed by atoms with Crippen molar-refractivity contribution in [2.24, 2.45) is 11.7 Å². The van der Waals surface area contributed by atoms with E-state index in [0.717, 1.165) is 0 Å². The molecule has 19 heavy (non-hydrogen) atoms. The fourth-order valence-corrected chi connectivity index (χ4v) is 1.35. The number of carboxylic acids is 2. The standard InChI is InChI=1S/C11H22N4O4/c1-2-7(9(16)17)6-15-11(13)14-5-3-4-8(12)10(18)19/h7-8H,2-6,12H2,1H3,(H,16,17)(H,18,19)(H3,13,14,15). The van der Waals surface area contributed by atoms with E-state index in [1.54, 1.807) is 6.92 Å². The van der Waals surface area contributed by atoms with Crippen molar-refractivity contribution in [1.82, 2.24) is 10.6 Å². The number of nitrogens with one attached hydrogen (secondary N) is 3. The SMILES string of the molecule is CCC(CNC(=N)NCCCC(N)C(=O)O)C(=O)O. The summed E-state index contributed by atoms with van der Waals surface area (Å²) < 4.78 is 0. The van der Waals surface area contributed by atoms with Gasteiger partial charge in [-0.3, -0.25) is 15.0 Å². The molecule has 0 amide bonds. The first-order chi connectivity index (χ1) is 8.88. The lowest BCUT2D eigenvalue weighted by molar-refractivity contribution is -0.141. The van der Waals surface area contributed by atoms with Crippen LogP contribution < -0.4 is 16.4 Å². The Kier molecular flexibility index (Phi) is 8.27. The van der Waals surface area contributed by atoms with Crippen molar-refractivity contribution in [3.05, 3.63) is 0 Å². The maximum absolute atomic E-state index is 10.7. The Morgan fingerprint density at radius 2 is 1.89 bits per heavy atom. The van der Waals surface area contributed by atoms with Crippen molar-refractivity contribution < 1.29 is 19.8 Å². The molecule has 8 heteroatoms. The van der Waals surface area contributed by atoms with Crippen LogP contribution in [0.4, 0.5) is 0 Å². The number of nitrogens with two attached hydrogens (primary N) is 1. The van der Waals surface area contributed by atoms with Crippen molar-refractivity contribution in [3.8, 4) is 0 Å². The van der Waals surface area contributed by atoms with Crippen LogP contribution in [0, 0.1) is 11.3 Å². The van der Waals surface area contributed by atoms with Crippen molar-refractivity contribution >= 4 is 17.9 Å². The third kappa shape index (κ3) is 7.98. The topological polar surface area (TPSA) is 149 Å². The van der Waals surface area contributed by atoms with Crippen LogP contribution in [-0.2, 0) is 9.59 Å². The molecule has 0 aromatic rings. The molecule has 0 aromatic heterocycles. The molecule has 110 valence electrons. The maximum Gasteiger partial charge on any atom is 0.320 e. The van der Waals surface area contributed by atoms with Gasteiger partial charge in [0.1, 0.15) is 6.04 Å². The third-order valence-electron chi connectivity index (χ3n) is 2.68. The van der Waals surface area contributed by atoms with E-state index in [9.17, 15) is 9.59 Å². The van der Waals surface area contributed by atoms with Crippen LogP contribution in [0.5, 0.6) is 0 Å². The van der Waals surface area contributed by atoms with Gasteiger partial charge in [0.2, 0.25) is 0 Å². The molecule has 0 saturated carbocycles. The zero-order valence-corrected chi connectivity index (χ0v) is 11.0. The lowest BCUT2D eigenvalue weighted by Crippen LogP contribution is -2.41. The molecule has 0 aliphatic heterocycles. The third-order valence-corrected chi connectivity index (χ3v) is 2.68. The van der Waals surface area contributed by atoms with E-state index in [1.807, 2.05) is 0 Å². The number of hydrogen-bond acceptors (Lipinski definition) is 4. The van der Waals surface area contributed by atoms with Crippen LogP contribution >= 0.6 is 0 Å². The van der Waals surface area contributed by atoms with E-state index in [0.29, 0.717) is 25.8 Å². The predicted octanol–water partition coefficient (Wildman–Crippen LogP) is -0.597. The number of guanidine groups is 1. The summed E-state index contributed by atoms with van der Waals surface area (Å²) in [6.07, 6.45) is 1.33. The monoisotopic (exact) mass is 274 g/mol. The van der Waals surface area contributed by atoms with E-state index < -0.39 is 23.9 Å². The van der Waals surface area contributed by atoms with Gasteiger partial charge in [0.05, 0.1) is 5.92 Å². The summed E-state index contributed by atoms with van der Waals surface area (Å²) in [7, 11) is 0. The van der Waals surface area contributed by atoms with Gasteiger partial charge in [0.25, 0.3) is 0 Å². The van der Waals surface area contributed by atoms with E-state index in [1.165, 1.54) is 0 Å². The molecule has 7 N–H and O–H groups in total. The van der Waals surface area contributed by atoms with Gasteiger partial charge in [0, 0.05) is 13.1 Å². The Hall–Kier alpha value is -1.83. The van der Waals surface area contributed by atoms with E-state index in [-0.39, 0.29) is 12.5 Å². The van der Waals surface area contributed by atoms with Crippen LogP contribution in [-0.4, -0.2) is 47.2 Å². The smallest absolute Gasteiger partial charge is 0.320 e. The number of hydrogen-bond donors (Lipinski definition) is 6. The van der Waals surface area contributed by atoms with Gasteiger partial charge in [-0.2, -0.15) is 0 Å². The number of carbonyl (C=O) groups is 2. The predicted molar refractivity (Wildman–Crippen MR) is 70.0 cm³/mol.